The van der Waals surface area contributed by atoms with Gasteiger partial charge >= 0.3 is 0 Å². The van der Waals surface area contributed by atoms with Gasteiger partial charge in [-0.3, -0.25) is 4.79 Å². The molecule has 0 aromatic heterocycles. The average Bonchev–Trinajstić information content (AvgIpc) is 2.43. The maximum Gasteiger partial charge on any atom is 0.238 e. The van der Waals surface area contributed by atoms with Gasteiger partial charge in [-0.2, -0.15) is 0 Å². The number of nitrogens with one attached hydrogen (secondary N) is 2. The van der Waals surface area contributed by atoms with Crippen molar-refractivity contribution < 1.29 is 14.3 Å². The van der Waals surface area contributed by atoms with Crippen molar-refractivity contribution in [3.05, 3.63) is 18.2 Å². The molecule has 0 saturated heterocycles. The Bertz CT molecular complexity index is 408. The SMILES string of the molecule is CCCCNCC(=O)Nc1cc(OC)ccc1OC. The van der Waals surface area contributed by atoms with Gasteiger partial charge in [0.25, 0.3) is 0 Å². The Balaban J connectivity index is 2.56. The van der Waals surface area contributed by atoms with Crippen molar-refractivity contribution in [2.24, 2.45) is 0 Å². The summed E-state index contributed by atoms with van der Waals surface area (Å²) in [5.41, 5.74) is 0.615. The van der Waals surface area contributed by atoms with E-state index in [1.54, 1.807) is 32.4 Å². The van der Waals surface area contributed by atoms with Crippen LogP contribution in [-0.2, 0) is 4.79 Å². The molecule has 1 rings (SSSR count). The first-order chi connectivity index (χ1) is 9.21. The largest absolute Gasteiger partial charge is 0.497 e. The first-order valence-corrected chi connectivity index (χ1v) is 6.43. The number of amides is 1. The minimum Gasteiger partial charge on any atom is -0.497 e. The number of carbonyl (C=O) groups excluding carboxylic acids is 1. The Labute approximate surface area is 114 Å². The molecule has 0 bridgehead atoms. The van der Waals surface area contributed by atoms with Crippen molar-refractivity contribution in [3.63, 3.8) is 0 Å². The van der Waals surface area contributed by atoms with E-state index in [1.165, 1.54) is 0 Å². The maximum absolute atomic E-state index is 11.8. The monoisotopic (exact) mass is 266 g/mol. The van der Waals surface area contributed by atoms with E-state index in [9.17, 15) is 4.79 Å². The quantitative estimate of drug-likeness (QED) is 0.707. The van der Waals surface area contributed by atoms with E-state index >= 15 is 0 Å². The molecule has 1 amide bonds. The lowest BCUT2D eigenvalue weighted by Crippen LogP contribution is -2.28. The minimum atomic E-state index is -0.0948. The summed E-state index contributed by atoms with van der Waals surface area (Å²) in [6.07, 6.45) is 2.17. The lowest BCUT2D eigenvalue weighted by atomic mass is 10.2. The van der Waals surface area contributed by atoms with Crippen LogP contribution in [0, 0.1) is 0 Å². The lowest BCUT2D eigenvalue weighted by Gasteiger charge is -2.12. The number of anilines is 1. The van der Waals surface area contributed by atoms with Crippen LogP contribution in [0.4, 0.5) is 5.69 Å². The Hall–Kier alpha value is -1.75. The van der Waals surface area contributed by atoms with Gasteiger partial charge in [0.2, 0.25) is 5.91 Å². The van der Waals surface area contributed by atoms with Crippen molar-refractivity contribution in [2.75, 3.05) is 32.6 Å². The van der Waals surface area contributed by atoms with Crippen LogP contribution in [0.25, 0.3) is 0 Å². The smallest absolute Gasteiger partial charge is 0.238 e. The molecular formula is C14H22N2O3. The highest BCUT2D eigenvalue weighted by atomic mass is 16.5. The summed E-state index contributed by atoms with van der Waals surface area (Å²) in [6, 6.07) is 5.29. The zero-order valence-electron chi connectivity index (χ0n) is 11.8. The van der Waals surface area contributed by atoms with Crippen LogP contribution in [0.3, 0.4) is 0 Å². The third kappa shape index (κ3) is 5.18. The van der Waals surface area contributed by atoms with Crippen molar-refractivity contribution in [2.45, 2.75) is 19.8 Å². The third-order valence-electron chi connectivity index (χ3n) is 2.67. The fourth-order valence-corrected chi connectivity index (χ4v) is 1.61. The molecule has 0 spiro atoms. The molecule has 106 valence electrons. The average molecular weight is 266 g/mol. The van der Waals surface area contributed by atoms with Crippen LogP contribution in [-0.4, -0.2) is 33.2 Å². The summed E-state index contributed by atoms with van der Waals surface area (Å²) in [4.78, 5) is 11.8. The number of rotatable bonds is 8. The minimum absolute atomic E-state index is 0.0948. The first kappa shape index (κ1) is 15.3. The van der Waals surface area contributed by atoms with Gasteiger partial charge in [0.05, 0.1) is 26.5 Å². The summed E-state index contributed by atoms with van der Waals surface area (Å²) in [6.45, 7) is 3.25. The Morgan fingerprint density at radius 3 is 2.68 bits per heavy atom. The van der Waals surface area contributed by atoms with E-state index in [2.05, 4.69) is 17.6 Å². The molecule has 5 heteroatoms. The molecule has 0 fully saturated rings. The third-order valence-corrected chi connectivity index (χ3v) is 2.67. The van der Waals surface area contributed by atoms with Crippen molar-refractivity contribution >= 4 is 11.6 Å². The number of benzene rings is 1. The standard InChI is InChI=1S/C14H22N2O3/c1-4-5-8-15-10-14(17)16-12-9-11(18-2)6-7-13(12)19-3/h6-7,9,15H,4-5,8,10H2,1-3H3,(H,16,17). The van der Waals surface area contributed by atoms with Gasteiger partial charge in [-0.25, -0.2) is 0 Å². The second-order valence-corrected chi connectivity index (χ2v) is 4.14. The van der Waals surface area contributed by atoms with Crippen LogP contribution in [0.5, 0.6) is 11.5 Å². The molecule has 0 aliphatic heterocycles. The van der Waals surface area contributed by atoms with E-state index in [0.29, 0.717) is 23.7 Å². The molecule has 1 aromatic rings. The zero-order valence-corrected chi connectivity index (χ0v) is 11.8. The van der Waals surface area contributed by atoms with E-state index in [1.807, 2.05) is 0 Å². The number of ether oxygens (including phenoxy) is 2. The molecule has 0 aliphatic rings. The molecule has 0 atom stereocenters. The number of methoxy groups -OCH3 is 2. The van der Waals surface area contributed by atoms with E-state index in [4.69, 9.17) is 9.47 Å². The van der Waals surface area contributed by atoms with Crippen LogP contribution < -0.4 is 20.1 Å². The van der Waals surface area contributed by atoms with Crippen molar-refractivity contribution in [1.29, 1.82) is 0 Å². The number of carbonyl (C=O) groups is 1. The van der Waals surface area contributed by atoms with Crippen LogP contribution in [0.1, 0.15) is 19.8 Å². The number of hydrogen-bond acceptors (Lipinski definition) is 4. The predicted molar refractivity (Wildman–Crippen MR) is 76.0 cm³/mol. The Morgan fingerprint density at radius 2 is 2.05 bits per heavy atom. The van der Waals surface area contributed by atoms with Gasteiger partial charge < -0.3 is 20.1 Å². The number of hydrogen-bond donors (Lipinski definition) is 2. The molecule has 0 aliphatic carbocycles. The van der Waals surface area contributed by atoms with Gasteiger partial charge in [-0.15, -0.1) is 0 Å². The Morgan fingerprint density at radius 1 is 1.26 bits per heavy atom. The fraction of sp³-hybridized carbons (Fsp3) is 0.500. The highest BCUT2D eigenvalue weighted by Gasteiger charge is 2.08. The second kappa shape index (κ2) is 8.37. The van der Waals surface area contributed by atoms with Crippen LogP contribution >= 0.6 is 0 Å². The Kier molecular flexibility index (Phi) is 6.74. The molecule has 0 saturated carbocycles. The number of unbranched alkanes of at least 4 members (excludes halogenated alkanes) is 1. The summed E-state index contributed by atoms with van der Waals surface area (Å²) in [5.74, 6) is 1.19. The van der Waals surface area contributed by atoms with Crippen LogP contribution in [0.2, 0.25) is 0 Å². The normalized spacial score (nSPS) is 10.1. The summed E-state index contributed by atoms with van der Waals surface area (Å²) >= 11 is 0. The molecule has 1 aromatic carbocycles. The topological polar surface area (TPSA) is 59.6 Å². The fourth-order valence-electron chi connectivity index (χ4n) is 1.61. The summed E-state index contributed by atoms with van der Waals surface area (Å²) in [7, 11) is 3.15. The van der Waals surface area contributed by atoms with Gasteiger partial charge in [-0.05, 0) is 25.1 Å². The van der Waals surface area contributed by atoms with Crippen LogP contribution in [0.15, 0.2) is 18.2 Å². The summed E-state index contributed by atoms with van der Waals surface area (Å²) < 4.78 is 10.3. The van der Waals surface area contributed by atoms with Gasteiger partial charge in [0, 0.05) is 6.07 Å². The highest BCUT2D eigenvalue weighted by Crippen LogP contribution is 2.28. The van der Waals surface area contributed by atoms with Gasteiger partial charge in [-0.1, -0.05) is 13.3 Å². The predicted octanol–water partition coefficient (Wildman–Crippen LogP) is 2.03. The van der Waals surface area contributed by atoms with Gasteiger partial charge in [0.1, 0.15) is 11.5 Å². The highest BCUT2D eigenvalue weighted by molar-refractivity contribution is 5.93. The molecule has 2 N–H and O–H groups in total. The maximum atomic E-state index is 11.8. The first-order valence-electron chi connectivity index (χ1n) is 6.43. The van der Waals surface area contributed by atoms with E-state index in [-0.39, 0.29) is 5.91 Å². The van der Waals surface area contributed by atoms with Crippen molar-refractivity contribution in [1.82, 2.24) is 5.32 Å². The second-order valence-electron chi connectivity index (χ2n) is 4.14. The molecule has 19 heavy (non-hydrogen) atoms. The lowest BCUT2D eigenvalue weighted by molar-refractivity contribution is -0.115. The summed E-state index contributed by atoms with van der Waals surface area (Å²) in [5, 5.41) is 5.89. The molecule has 0 unspecified atom stereocenters. The van der Waals surface area contributed by atoms with E-state index in [0.717, 1.165) is 19.4 Å². The van der Waals surface area contributed by atoms with Gasteiger partial charge in [0.15, 0.2) is 0 Å². The zero-order chi connectivity index (χ0) is 14.1. The molecule has 0 heterocycles. The van der Waals surface area contributed by atoms with E-state index < -0.39 is 0 Å². The van der Waals surface area contributed by atoms with Crippen molar-refractivity contribution in [3.8, 4) is 11.5 Å². The molecule has 0 radical (unpaired) electrons. The molecular weight excluding hydrogens is 244 g/mol. The molecule has 5 nitrogen and oxygen atoms in total.